The van der Waals surface area contributed by atoms with Crippen molar-refractivity contribution in [3.05, 3.63) is 125 Å². The van der Waals surface area contributed by atoms with Crippen LogP contribution in [-0.4, -0.2) is 12.1 Å². The van der Waals surface area contributed by atoms with E-state index in [4.69, 9.17) is 5.26 Å². The lowest BCUT2D eigenvalue weighted by Gasteiger charge is -2.03. The number of hydrogen-bond acceptors (Lipinski definition) is 5. The van der Waals surface area contributed by atoms with Crippen LogP contribution in [0.3, 0.4) is 0 Å². The third-order valence-corrected chi connectivity index (χ3v) is 5.24. The van der Waals surface area contributed by atoms with Gasteiger partial charge in [0.25, 0.3) is 0 Å². The fourth-order valence-corrected chi connectivity index (χ4v) is 3.43. The first-order chi connectivity index (χ1) is 16.7. The van der Waals surface area contributed by atoms with Gasteiger partial charge in [0, 0.05) is 0 Å². The van der Waals surface area contributed by atoms with Crippen LogP contribution in [-0.2, 0) is 17.6 Å². The van der Waals surface area contributed by atoms with Crippen molar-refractivity contribution in [2.75, 3.05) is 0 Å². The van der Waals surface area contributed by atoms with Crippen molar-refractivity contribution in [2.45, 2.75) is 12.8 Å². The van der Waals surface area contributed by atoms with Gasteiger partial charge in [-0.25, -0.2) is 4.79 Å². The number of rotatable bonds is 7. The molecule has 0 atom stereocenters. The van der Waals surface area contributed by atoms with Crippen LogP contribution in [0.25, 0.3) is 0 Å². The predicted octanol–water partition coefficient (Wildman–Crippen LogP) is 6.84. The first-order valence-corrected chi connectivity index (χ1v) is 10.7. The first kappa shape index (κ1) is 22.3. The van der Waals surface area contributed by atoms with Crippen molar-refractivity contribution in [2.24, 2.45) is 15.0 Å². The van der Waals surface area contributed by atoms with Crippen molar-refractivity contribution >= 4 is 29.2 Å². The highest BCUT2D eigenvalue weighted by atomic mass is 16.1. The first-order valence-electron chi connectivity index (χ1n) is 10.7. The monoisotopic (exact) mass is 440 g/mol. The predicted molar refractivity (Wildman–Crippen MR) is 133 cm³/mol. The molecule has 0 aliphatic rings. The molecule has 0 bridgehead atoms. The fraction of sp³-hybridized carbons (Fsp3) is 0.0690. The largest absolute Gasteiger partial charge is 0.240 e. The highest BCUT2D eigenvalue weighted by molar-refractivity contribution is 5.58. The van der Waals surface area contributed by atoms with Crippen molar-refractivity contribution < 1.29 is 4.79 Å². The van der Waals surface area contributed by atoms with Gasteiger partial charge in [-0.1, -0.05) is 48.5 Å². The van der Waals surface area contributed by atoms with E-state index in [2.05, 4.69) is 27.1 Å². The molecule has 0 aromatic heterocycles. The Morgan fingerprint density at radius 2 is 0.882 bits per heavy atom. The molecule has 4 rings (SSSR count). The quantitative estimate of drug-likeness (QED) is 0.233. The van der Waals surface area contributed by atoms with Crippen LogP contribution in [0.1, 0.15) is 27.8 Å². The van der Waals surface area contributed by atoms with Crippen molar-refractivity contribution in [1.29, 1.82) is 5.26 Å². The second kappa shape index (κ2) is 11.1. The molecule has 0 spiro atoms. The summed E-state index contributed by atoms with van der Waals surface area (Å²) in [6.45, 7) is 0. The van der Waals surface area contributed by atoms with Crippen LogP contribution < -0.4 is 0 Å². The Labute approximate surface area is 198 Å². The third kappa shape index (κ3) is 6.32. The lowest BCUT2D eigenvalue weighted by molar-refractivity contribution is 0.565. The molecule has 0 aliphatic heterocycles. The van der Waals surface area contributed by atoms with Gasteiger partial charge in [0.05, 0.1) is 28.7 Å². The minimum absolute atomic E-state index is 0.601. The highest BCUT2D eigenvalue weighted by Gasteiger charge is 1.99. The zero-order valence-corrected chi connectivity index (χ0v) is 18.3. The minimum Gasteiger partial charge on any atom is -0.211 e. The van der Waals surface area contributed by atoms with Gasteiger partial charge in [-0.05, 0) is 83.6 Å². The van der Waals surface area contributed by atoms with E-state index in [1.807, 2.05) is 84.9 Å². The van der Waals surface area contributed by atoms with E-state index in [0.29, 0.717) is 11.3 Å². The van der Waals surface area contributed by atoms with Gasteiger partial charge < -0.3 is 0 Å². The fourth-order valence-electron chi connectivity index (χ4n) is 3.43. The average Bonchev–Trinajstić information content (AvgIpc) is 2.88. The van der Waals surface area contributed by atoms with E-state index in [1.165, 1.54) is 5.56 Å². The molecule has 0 fully saturated rings. The third-order valence-electron chi connectivity index (χ3n) is 5.24. The van der Waals surface area contributed by atoms with E-state index in [9.17, 15) is 4.79 Å². The molecule has 34 heavy (non-hydrogen) atoms. The van der Waals surface area contributed by atoms with Gasteiger partial charge in [0.1, 0.15) is 6.01 Å². The van der Waals surface area contributed by atoms with Gasteiger partial charge in [0.15, 0.2) is 0 Å². The van der Waals surface area contributed by atoms with Crippen LogP contribution in [0, 0.1) is 11.3 Å². The molecule has 0 saturated heterocycles. The topological polar surface area (TPSA) is 77.9 Å². The number of benzene rings is 4. The molecular formula is C29H20N4O. The Bertz CT molecular complexity index is 1400. The Hall–Kier alpha value is -4.87. The van der Waals surface area contributed by atoms with Gasteiger partial charge in [-0.2, -0.15) is 20.2 Å². The summed E-state index contributed by atoms with van der Waals surface area (Å²) >= 11 is 0. The number of nitriles is 1. The van der Waals surface area contributed by atoms with Gasteiger partial charge in [-0.3, -0.25) is 0 Å². The molecular weight excluding hydrogens is 420 g/mol. The van der Waals surface area contributed by atoms with Crippen LogP contribution in [0.15, 0.2) is 112 Å². The van der Waals surface area contributed by atoms with Crippen molar-refractivity contribution in [3.8, 4) is 6.07 Å². The number of aliphatic imine (C=N–C) groups is 3. The molecule has 0 heterocycles. The Kier molecular flexibility index (Phi) is 7.31. The zero-order valence-electron chi connectivity index (χ0n) is 18.3. The Morgan fingerprint density at radius 3 is 1.24 bits per heavy atom. The molecule has 0 aliphatic carbocycles. The standard InChI is InChI=1S/C29H20N4O/c30-19-26-3-1-22(2-4-26)17-23-5-11-27(12-6-23)31-20-32-28-13-7-24(8-14-28)18-25-9-15-29(16-10-25)33-21-34/h1-16H,17-18H2. The Balaban J connectivity index is 1.34. The van der Waals surface area contributed by atoms with E-state index in [-0.39, 0.29) is 0 Å². The molecule has 0 amide bonds. The summed E-state index contributed by atoms with van der Waals surface area (Å²) in [5.41, 5.74) is 7.44. The second-order valence-electron chi connectivity index (χ2n) is 7.69. The van der Waals surface area contributed by atoms with E-state index in [0.717, 1.165) is 40.9 Å². The average molecular weight is 441 g/mol. The van der Waals surface area contributed by atoms with E-state index < -0.39 is 0 Å². The maximum Gasteiger partial charge on any atom is 0.240 e. The normalized spacial score (nSPS) is 9.85. The number of carbonyl (C=O) groups excluding carboxylic acids is 1. The number of hydrogen-bond donors (Lipinski definition) is 0. The SMILES string of the molecule is N#Cc1ccc(Cc2ccc(N=C=Nc3ccc(Cc4ccc(N=C=O)cc4)cc3)cc2)cc1. The molecule has 0 N–H and O–H groups in total. The van der Waals surface area contributed by atoms with Crippen LogP contribution in [0.5, 0.6) is 0 Å². The highest BCUT2D eigenvalue weighted by Crippen LogP contribution is 2.19. The molecule has 5 heteroatoms. The van der Waals surface area contributed by atoms with Crippen LogP contribution in [0.4, 0.5) is 17.1 Å². The van der Waals surface area contributed by atoms with Crippen LogP contribution >= 0.6 is 0 Å². The lowest BCUT2D eigenvalue weighted by Crippen LogP contribution is -1.87. The Morgan fingerprint density at radius 1 is 0.529 bits per heavy atom. The summed E-state index contributed by atoms with van der Waals surface area (Å²) < 4.78 is 0. The maximum absolute atomic E-state index is 10.3. The molecule has 4 aromatic rings. The summed E-state index contributed by atoms with van der Waals surface area (Å²) in [7, 11) is 0. The van der Waals surface area contributed by atoms with Gasteiger partial charge in [-0.15, -0.1) is 0 Å². The smallest absolute Gasteiger partial charge is 0.211 e. The van der Waals surface area contributed by atoms with E-state index >= 15 is 0 Å². The molecule has 5 nitrogen and oxygen atoms in total. The lowest BCUT2D eigenvalue weighted by atomic mass is 10.0. The molecule has 162 valence electrons. The summed E-state index contributed by atoms with van der Waals surface area (Å²) in [5.74, 6) is 0. The number of isocyanates is 1. The summed E-state index contributed by atoms with van der Waals surface area (Å²) in [6, 6.07) is 35.9. The zero-order chi connectivity index (χ0) is 23.6. The summed E-state index contributed by atoms with van der Waals surface area (Å²) in [5, 5.41) is 8.89. The maximum atomic E-state index is 10.3. The molecule has 0 radical (unpaired) electrons. The number of nitrogens with zero attached hydrogens (tertiary/aromatic N) is 4. The van der Waals surface area contributed by atoms with E-state index in [1.54, 1.807) is 18.2 Å². The van der Waals surface area contributed by atoms with Crippen molar-refractivity contribution in [1.82, 2.24) is 0 Å². The molecule has 4 aromatic carbocycles. The molecule has 0 saturated carbocycles. The second-order valence-corrected chi connectivity index (χ2v) is 7.69. The van der Waals surface area contributed by atoms with Crippen LogP contribution in [0.2, 0.25) is 0 Å². The molecule has 0 unspecified atom stereocenters. The summed E-state index contributed by atoms with van der Waals surface area (Å²) in [6.07, 6.45) is 3.12. The van der Waals surface area contributed by atoms with Gasteiger partial charge >= 0.3 is 0 Å². The summed E-state index contributed by atoms with van der Waals surface area (Å²) in [4.78, 5) is 22.5. The minimum atomic E-state index is 0.601. The van der Waals surface area contributed by atoms with Crippen molar-refractivity contribution in [3.63, 3.8) is 0 Å². The van der Waals surface area contributed by atoms with Gasteiger partial charge in [0.2, 0.25) is 6.08 Å².